The molecule has 1 fully saturated rings. The number of carboxylic acids is 1. The smallest absolute Gasteiger partial charge is 0.416 e. The summed E-state index contributed by atoms with van der Waals surface area (Å²) >= 11 is 0. The van der Waals surface area contributed by atoms with Crippen LogP contribution in [0.15, 0.2) is 42.5 Å². The normalized spacial score (nSPS) is 23.4. The Morgan fingerprint density at radius 3 is 2.25 bits per heavy atom. The average molecular weight is 454 g/mol. The number of carbonyl (C=O) groups is 2. The second kappa shape index (κ2) is 9.15. The van der Waals surface area contributed by atoms with E-state index in [1.165, 1.54) is 0 Å². The summed E-state index contributed by atoms with van der Waals surface area (Å²) in [6.45, 7) is 0. The van der Waals surface area contributed by atoms with Crippen molar-refractivity contribution in [1.29, 1.82) is 0 Å². The van der Waals surface area contributed by atoms with E-state index in [1.54, 1.807) is 31.3 Å². The van der Waals surface area contributed by atoms with Gasteiger partial charge in [-0.2, -0.15) is 13.2 Å². The van der Waals surface area contributed by atoms with Crippen LogP contribution in [0.3, 0.4) is 0 Å². The Balaban J connectivity index is 1.87. The van der Waals surface area contributed by atoms with Crippen molar-refractivity contribution in [3.63, 3.8) is 0 Å². The van der Waals surface area contributed by atoms with Gasteiger partial charge in [0.2, 0.25) is 5.91 Å². The molecule has 2 aromatic carbocycles. The highest BCUT2D eigenvalue weighted by atomic mass is 19.4. The first-order chi connectivity index (χ1) is 15.0. The average Bonchev–Trinajstić information content (AvgIpc) is 2.73. The van der Waals surface area contributed by atoms with Crippen molar-refractivity contribution in [1.82, 2.24) is 0 Å². The first-order valence-electron chi connectivity index (χ1n) is 9.87. The van der Waals surface area contributed by atoms with E-state index in [2.05, 4.69) is 10.6 Å². The van der Waals surface area contributed by atoms with Gasteiger partial charge >= 0.3 is 12.1 Å². The summed E-state index contributed by atoms with van der Waals surface area (Å²) < 4.78 is 52.4. The molecule has 0 aromatic heterocycles. The van der Waals surface area contributed by atoms with Crippen molar-refractivity contribution in [3.8, 4) is 0 Å². The molecule has 0 bridgehead atoms. The summed E-state index contributed by atoms with van der Waals surface area (Å²) in [5.74, 6) is -6.55. The van der Waals surface area contributed by atoms with E-state index in [9.17, 15) is 37.4 Å². The van der Waals surface area contributed by atoms with Crippen molar-refractivity contribution in [2.45, 2.75) is 31.0 Å². The van der Waals surface area contributed by atoms with E-state index in [0.717, 1.165) is 11.8 Å². The molecule has 32 heavy (non-hydrogen) atoms. The third-order valence-electron chi connectivity index (χ3n) is 5.72. The van der Waals surface area contributed by atoms with Gasteiger partial charge in [0.25, 0.3) is 0 Å². The van der Waals surface area contributed by atoms with Crippen molar-refractivity contribution < 1.29 is 37.4 Å². The fourth-order valence-electron chi connectivity index (χ4n) is 4.13. The number of hydrogen-bond acceptors (Lipinski definition) is 4. The lowest BCUT2D eigenvalue weighted by Gasteiger charge is -2.37. The summed E-state index contributed by atoms with van der Waals surface area (Å²) in [5, 5.41) is 25.3. The van der Waals surface area contributed by atoms with Gasteiger partial charge in [-0.05, 0) is 48.7 Å². The van der Waals surface area contributed by atoms with E-state index >= 15 is 0 Å². The van der Waals surface area contributed by atoms with Gasteiger partial charge in [0.1, 0.15) is 5.82 Å². The molecular weight excluding hydrogens is 432 g/mol. The zero-order valence-corrected chi connectivity index (χ0v) is 17.0. The van der Waals surface area contributed by atoms with Crippen LogP contribution in [-0.4, -0.2) is 35.2 Å². The molecule has 0 unspecified atom stereocenters. The summed E-state index contributed by atoms with van der Waals surface area (Å²) in [6, 6.07) is 8.54. The second-order valence-corrected chi connectivity index (χ2v) is 7.76. The van der Waals surface area contributed by atoms with Gasteiger partial charge in [-0.3, -0.25) is 9.59 Å². The number of anilines is 2. The minimum atomic E-state index is -4.75. The molecule has 1 saturated carbocycles. The summed E-state index contributed by atoms with van der Waals surface area (Å²) in [6.07, 6.45) is -5.78. The van der Waals surface area contributed by atoms with Gasteiger partial charge in [0.15, 0.2) is 0 Å². The zero-order valence-electron chi connectivity index (χ0n) is 17.0. The Labute approximate surface area is 181 Å². The number of carbonyl (C=O) groups excluding carboxylic acids is 1. The number of rotatable bonds is 5. The number of halogens is 4. The van der Waals surface area contributed by atoms with Gasteiger partial charge < -0.3 is 20.8 Å². The van der Waals surface area contributed by atoms with Crippen LogP contribution >= 0.6 is 0 Å². The Bertz CT molecular complexity index is 994. The van der Waals surface area contributed by atoms with Gasteiger partial charge in [0, 0.05) is 18.7 Å². The monoisotopic (exact) mass is 454 g/mol. The number of amides is 1. The van der Waals surface area contributed by atoms with Gasteiger partial charge in [0.05, 0.1) is 29.2 Å². The third-order valence-corrected chi connectivity index (χ3v) is 5.72. The van der Waals surface area contributed by atoms with E-state index in [0.29, 0.717) is 11.6 Å². The maximum atomic E-state index is 14.2. The minimum Gasteiger partial charge on any atom is -0.481 e. The highest BCUT2D eigenvalue weighted by molar-refractivity contribution is 5.95. The minimum absolute atomic E-state index is 0.119. The molecule has 10 heteroatoms. The number of aliphatic hydroxyl groups is 1. The largest absolute Gasteiger partial charge is 0.481 e. The number of alkyl halides is 3. The first kappa shape index (κ1) is 23.5. The number of hydrogen-bond donors (Lipinski definition) is 4. The van der Waals surface area contributed by atoms with Gasteiger partial charge in [-0.1, -0.05) is 12.1 Å². The fourth-order valence-corrected chi connectivity index (χ4v) is 4.13. The predicted octanol–water partition coefficient (Wildman–Crippen LogP) is 4.08. The SMILES string of the molecule is CNc1ccc([C@@H]2C[C@H](O)C[C@H](C(=O)Nc3ccc(C(F)(F)F)cc3F)[C@@H]2C(=O)O)cc1. The Morgan fingerprint density at radius 1 is 1.06 bits per heavy atom. The van der Waals surface area contributed by atoms with E-state index in [-0.39, 0.29) is 18.9 Å². The molecule has 0 radical (unpaired) electrons. The maximum Gasteiger partial charge on any atom is 0.416 e. The molecule has 0 heterocycles. The lowest BCUT2D eigenvalue weighted by Crippen LogP contribution is -2.44. The van der Waals surface area contributed by atoms with Crippen LogP contribution in [0.2, 0.25) is 0 Å². The molecule has 1 aliphatic rings. The molecule has 172 valence electrons. The van der Waals surface area contributed by atoms with Crippen molar-refractivity contribution in [2.24, 2.45) is 11.8 Å². The highest BCUT2D eigenvalue weighted by Crippen LogP contribution is 2.42. The van der Waals surface area contributed by atoms with E-state index in [1.807, 2.05) is 0 Å². The maximum absolute atomic E-state index is 14.2. The lowest BCUT2D eigenvalue weighted by atomic mass is 9.68. The van der Waals surface area contributed by atoms with Gasteiger partial charge in [-0.15, -0.1) is 0 Å². The molecular formula is C22H22F4N2O4. The fraction of sp³-hybridized carbons (Fsp3) is 0.364. The van der Waals surface area contributed by atoms with Crippen LogP contribution in [0.25, 0.3) is 0 Å². The number of benzene rings is 2. The quantitative estimate of drug-likeness (QED) is 0.511. The first-order valence-corrected chi connectivity index (χ1v) is 9.87. The van der Waals surface area contributed by atoms with Crippen molar-refractivity contribution in [3.05, 3.63) is 59.4 Å². The Kier molecular flexibility index (Phi) is 6.73. The molecule has 3 rings (SSSR count). The number of nitrogens with one attached hydrogen (secondary N) is 2. The lowest BCUT2D eigenvalue weighted by molar-refractivity contribution is -0.150. The molecule has 4 N–H and O–H groups in total. The van der Waals surface area contributed by atoms with E-state index in [4.69, 9.17) is 0 Å². The molecule has 1 amide bonds. The Morgan fingerprint density at radius 2 is 1.72 bits per heavy atom. The number of aliphatic carboxylic acids is 1. The summed E-state index contributed by atoms with van der Waals surface area (Å²) in [5.41, 5.74) is -0.297. The number of carboxylic acid groups (broad SMARTS) is 1. The Hall–Kier alpha value is -3.14. The molecule has 2 aromatic rings. The summed E-state index contributed by atoms with van der Waals surface area (Å²) in [4.78, 5) is 24.9. The van der Waals surface area contributed by atoms with Crippen molar-refractivity contribution in [2.75, 3.05) is 17.7 Å². The topological polar surface area (TPSA) is 98.7 Å². The van der Waals surface area contributed by atoms with Crippen LogP contribution < -0.4 is 10.6 Å². The van der Waals surface area contributed by atoms with Crippen LogP contribution in [0.4, 0.5) is 28.9 Å². The third kappa shape index (κ3) is 5.01. The van der Waals surface area contributed by atoms with Crippen LogP contribution in [-0.2, 0) is 15.8 Å². The van der Waals surface area contributed by atoms with E-state index < -0.39 is 59.0 Å². The van der Waals surface area contributed by atoms with Crippen LogP contribution in [0.1, 0.15) is 29.9 Å². The molecule has 0 aliphatic heterocycles. The molecule has 0 saturated heterocycles. The zero-order chi connectivity index (χ0) is 23.6. The van der Waals surface area contributed by atoms with Crippen LogP contribution in [0, 0.1) is 17.7 Å². The second-order valence-electron chi connectivity index (χ2n) is 7.76. The molecule has 1 aliphatic carbocycles. The molecule has 6 nitrogen and oxygen atoms in total. The molecule has 4 atom stereocenters. The number of aliphatic hydroxyl groups excluding tert-OH is 1. The summed E-state index contributed by atoms with van der Waals surface area (Å²) in [7, 11) is 1.72. The van der Waals surface area contributed by atoms with Crippen LogP contribution in [0.5, 0.6) is 0 Å². The highest BCUT2D eigenvalue weighted by Gasteiger charge is 2.46. The molecule has 0 spiro atoms. The van der Waals surface area contributed by atoms with Crippen molar-refractivity contribution >= 4 is 23.3 Å². The standard InChI is InChI=1S/C22H22F4N2O4/c1-27-13-5-2-11(3-6-13)15-9-14(29)10-16(19(15)21(31)32)20(30)28-18-7-4-12(8-17(18)23)22(24,25)26/h2-8,14-16,19,27,29H,9-10H2,1H3,(H,28,30)(H,31,32)/t14-,15-,16-,19+/m0/s1. The predicted molar refractivity (Wildman–Crippen MR) is 109 cm³/mol. The van der Waals surface area contributed by atoms with Gasteiger partial charge in [-0.25, -0.2) is 4.39 Å².